The molecule has 0 radical (unpaired) electrons. The van der Waals surface area contributed by atoms with Crippen LogP contribution in [0, 0.1) is 6.92 Å². The summed E-state index contributed by atoms with van der Waals surface area (Å²) >= 11 is 6.03. The predicted octanol–water partition coefficient (Wildman–Crippen LogP) is 3.18. The van der Waals surface area contributed by atoms with Crippen LogP contribution in [0.1, 0.15) is 5.56 Å². The minimum absolute atomic E-state index is 0.140. The molecule has 0 unspecified atom stereocenters. The highest BCUT2D eigenvalue weighted by Crippen LogP contribution is 2.17. The molecule has 1 N–H and O–H groups in total. The third kappa shape index (κ3) is 3.39. The molecule has 0 aliphatic heterocycles. The molecule has 4 aromatic rings. The number of aryl methyl sites for hydroxylation is 1. The van der Waals surface area contributed by atoms with Crippen molar-refractivity contribution in [3.05, 3.63) is 82.0 Å². The summed E-state index contributed by atoms with van der Waals surface area (Å²) in [5.41, 5.74) is 2.42. The molecule has 0 bridgehead atoms. The first-order valence-corrected chi connectivity index (χ1v) is 8.95. The van der Waals surface area contributed by atoms with Crippen molar-refractivity contribution < 1.29 is 4.79 Å². The average Bonchev–Trinajstić information content (AvgIpc) is 3.11. The summed E-state index contributed by atoms with van der Waals surface area (Å²) in [5, 5.41) is 7.94. The molecule has 0 saturated carbocycles. The Labute approximate surface area is 165 Å². The number of hydrogen-bond donors (Lipinski definition) is 1. The van der Waals surface area contributed by atoms with E-state index in [0.29, 0.717) is 27.4 Å². The molecule has 4 rings (SSSR count). The highest BCUT2D eigenvalue weighted by Gasteiger charge is 2.14. The summed E-state index contributed by atoms with van der Waals surface area (Å²) in [6.45, 7) is 1.76. The molecule has 2 aromatic heterocycles. The molecule has 0 saturated heterocycles. The van der Waals surface area contributed by atoms with Gasteiger partial charge in [0.15, 0.2) is 5.65 Å². The smallest absolute Gasteiger partial charge is 0.264 e. The number of amides is 1. The normalized spacial score (nSPS) is 10.9. The summed E-state index contributed by atoms with van der Waals surface area (Å²) in [4.78, 5) is 29.4. The first-order valence-electron chi connectivity index (χ1n) is 8.57. The summed E-state index contributed by atoms with van der Waals surface area (Å²) in [6.07, 6.45) is 2.80. The van der Waals surface area contributed by atoms with Gasteiger partial charge in [0.2, 0.25) is 5.91 Å². The predicted molar refractivity (Wildman–Crippen MR) is 108 cm³/mol. The Morgan fingerprint density at radius 2 is 2.00 bits per heavy atom. The van der Waals surface area contributed by atoms with Gasteiger partial charge in [-0.2, -0.15) is 5.10 Å². The second-order valence-electron chi connectivity index (χ2n) is 6.31. The molecule has 0 spiro atoms. The van der Waals surface area contributed by atoms with Crippen molar-refractivity contribution in [2.24, 2.45) is 0 Å². The minimum atomic E-state index is -0.335. The zero-order valence-corrected chi connectivity index (χ0v) is 15.7. The molecule has 0 fully saturated rings. The number of carbonyl (C=O) groups is 1. The fourth-order valence-corrected chi connectivity index (χ4v) is 3.10. The van der Waals surface area contributed by atoms with Gasteiger partial charge in [-0.05, 0) is 36.8 Å². The number of halogens is 1. The maximum absolute atomic E-state index is 12.8. The number of hydrogen-bond acceptors (Lipinski definition) is 4. The third-order valence-corrected chi connectivity index (χ3v) is 4.58. The molecular weight excluding hydrogens is 378 g/mol. The van der Waals surface area contributed by atoms with E-state index in [1.165, 1.54) is 17.1 Å². The monoisotopic (exact) mass is 393 g/mol. The molecule has 2 aromatic carbocycles. The Balaban J connectivity index is 1.63. The Hall–Kier alpha value is -3.45. The number of para-hydroxylation sites is 1. The first-order chi connectivity index (χ1) is 13.5. The number of nitrogens with one attached hydrogen (secondary N) is 1. The van der Waals surface area contributed by atoms with E-state index in [1.54, 1.807) is 22.9 Å². The number of aromatic nitrogens is 4. The van der Waals surface area contributed by atoms with Gasteiger partial charge < -0.3 is 5.32 Å². The van der Waals surface area contributed by atoms with E-state index in [1.807, 2.05) is 37.3 Å². The number of fused-ring (bicyclic) bond motifs is 1. The van der Waals surface area contributed by atoms with Gasteiger partial charge in [0.05, 0.1) is 11.9 Å². The maximum Gasteiger partial charge on any atom is 0.264 e. The zero-order chi connectivity index (χ0) is 19.7. The van der Waals surface area contributed by atoms with Crippen LogP contribution in [0.3, 0.4) is 0 Å². The molecule has 0 atom stereocenters. The topological polar surface area (TPSA) is 81.8 Å². The fraction of sp³-hybridized carbons (Fsp3) is 0.100. The van der Waals surface area contributed by atoms with Crippen LogP contribution in [0.5, 0.6) is 0 Å². The molecule has 140 valence electrons. The van der Waals surface area contributed by atoms with Crippen LogP contribution in [0.15, 0.2) is 65.8 Å². The third-order valence-electron chi connectivity index (χ3n) is 4.34. The zero-order valence-electron chi connectivity index (χ0n) is 15.0. The van der Waals surface area contributed by atoms with Gasteiger partial charge in [0.1, 0.15) is 18.3 Å². The van der Waals surface area contributed by atoms with Gasteiger partial charge in [-0.1, -0.05) is 35.9 Å². The van der Waals surface area contributed by atoms with E-state index in [4.69, 9.17) is 11.6 Å². The van der Waals surface area contributed by atoms with Gasteiger partial charge >= 0.3 is 0 Å². The largest absolute Gasteiger partial charge is 0.324 e. The van der Waals surface area contributed by atoms with Crippen LogP contribution in [-0.2, 0) is 11.3 Å². The summed E-state index contributed by atoms with van der Waals surface area (Å²) in [5.74, 6) is -0.306. The Morgan fingerprint density at radius 3 is 2.79 bits per heavy atom. The molecule has 0 aliphatic rings. The molecule has 1 amide bonds. The average molecular weight is 394 g/mol. The van der Waals surface area contributed by atoms with Gasteiger partial charge in [0, 0.05) is 10.7 Å². The quantitative estimate of drug-likeness (QED) is 0.577. The van der Waals surface area contributed by atoms with E-state index in [9.17, 15) is 9.59 Å². The van der Waals surface area contributed by atoms with Crippen molar-refractivity contribution >= 4 is 34.2 Å². The van der Waals surface area contributed by atoms with Crippen LogP contribution in [-0.4, -0.2) is 25.2 Å². The second-order valence-corrected chi connectivity index (χ2v) is 6.75. The van der Waals surface area contributed by atoms with Gasteiger partial charge in [-0.15, -0.1) is 0 Å². The molecular formula is C20H16ClN5O2. The lowest BCUT2D eigenvalue weighted by atomic mass is 10.2. The lowest BCUT2D eigenvalue weighted by Crippen LogP contribution is -2.28. The highest BCUT2D eigenvalue weighted by molar-refractivity contribution is 6.30. The van der Waals surface area contributed by atoms with E-state index in [2.05, 4.69) is 15.4 Å². The Kier molecular flexibility index (Phi) is 4.67. The van der Waals surface area contributed by atoms with E-state index in [0.717, 1.165) is 5.56 Å². The van der Waals surface area contributed by atoms with Crippen molar-refractivity contribution in [3.8, 4) is 5.69 Å². The van der Waals surface area contributed by atoms with Gasteiger partial charge in [0.25, 0.3) is 5.56 Å². The summed E-state index contributed by atoms with van der Waals surface area (Å²) in [7, 11) is 0. The van der Waals surface area contributed by atoms with Gasteiger partial charge in [-0.3, -0.25) is 14.2 Å². The minimum Gasteiger partial charge on any atom is -0.324 e. The van der Waals surface area contributed by atoms with Crippen molar-refractivity contribution in [2.75, 3.05) is 5.32 Å². The lowest BCUT2D eigenvalue weighted by Gasteiger charge is -2.09. The van der Waals surface area contributed by atoms with E-state index >= 15 is 0 Å². The van der Waals surface area contributed by atoms with Crippen molar-refractivity contribution in [1.82, 2.24) is 19.3 Å². The number of carbonyl (C=O) groups excluding carboxylic acids is 1. The first kappa shape index (κ1) is 17.9. The molecule has 28 heavy (non-hydrogen) atoms. The van der Waals surface area contributed by atoms with Crippen LogP contribution >= 0.6 is 11.6 Å². The molecule has 2 heterocycles. The number of rotatable bonds is 4. The summed E-state index contributed by atoms with van der Waals surface area (Å²) in [6, 6.07) is 14.5. The Morgan fingerprint density at radius 1 is 1.18 bits per heavy atom. The number of nitrogens with zero attached hydrogens (tertiary/aromatic N) is 4. The van der Waals surface area contributed by atoms with E-state index in [-0.39, 0.29) is 18.0 Å². The molecule has 0 aliphatic carbocycles. The van der Waals surface area contributed by atoms with Crippen molar-refractivity contribution in [2.45, 2.75) is 13.5 Å². The maximum atomic E-state index is 12.8. The molecule has 8 heteroatoms. The number of anilines is 1. The van der Waals surface area contributed by atoms with Crippen molar-refractivity contribution in [1.29, 1.82) is 0 Å². The van der Waals surface area contributed by atoms with Crippen molar-refractivity contribution in [3.63, 3.8) is 0 Å². The molecule has 7 nitrogen and oxygen atoms in total. The number of benzene rings is 2. The SMILES string of the molecule is Cc1ccccc1NC(=O)Cn1cnc2c(cnn2-c2cccc(Cl)c2)c1=O. The summed E-state index contributed by atoms with van der Waals surface area (Å²) < 4.78 is 2.81. The van der Waals surface area contributed by atoms with Crippen LogP contribution in [0.25, 0.3) is 16.7 Å². The lowest BCUT2D eigenvalue weighted by molar-refractivity contribution is -0.116. The van der Waals surface area contributed by atoms with E-state index < -0.39 is 0 Å². The van der Waals surface area contributed by atoms with Gasteiger partial charge in [-0.25, -0.2) is 9.67 Å². The standard InChI is InChI=1S/C20H16ClN5O2/c1-13-5-2-3-8-17(13)24-18(27)11-25-12-22-19-16(20(25)28)10-23-26(19)15-7-4-6-14(21)9-15/h2-10,12H,11H2,1H3,(H,24,27). The van der Waals surface area contributed by atoms with Crippen LogP contribution in [0.2, 0.25) is 5.02 Å². The fourth-order valence-electron chi connectivity index (χ4n) is 2.92. The Bertz CT molecular complexity index is 1240. The highest BCUT2D eigenvalue weighted by atomic mass is 35.5. The van der Waals surface area contributed by atoms with Crippen LogP contribution < -0.4 is 10.9 Å². The second kappa shape index (κ2) is 7.28. The van der Waals surface area contributed by atoms with Crippen LogP contribution in [0.4, 0.5) is 5.69 Å².